The minimum atomic E-state index is -3.88. The first-order chi connectivity index (χ1) is 13.6. The van der Waals surface area contributed by atoms with Gasteiger partial charge in [-0.15, -0.1) is 10.2 Å². The molecule has 1 aliphatic rings. The molecule has 2 aromatic rings. The second-order valence-corrected chi connectivity index (χ2v) is 10.6. The average molecular weight is 459 g/mol. The van der Waals surface area contributed by atoms with Gasteiger partial charge in [0.05, 0.1) is 17.2 Å². The maximum atomic E-state index is 13.1. The summed E-state index contributed by atoms with van der Waals surface area (Å²) in [5, 5.41) is 11.9. The minimum Gasteiger partial charge on any atom is -0.373 e. The third-order valence-corrected chi connectivity index (χ3v) is 7.80. The van der Waals surface area contributed by atoms with Gasteiger partial charge in [-0.2, -0.15) is 4.31 Å². The summed E-state index contributed by atoms with van der Waals surface area (Å²) in [6.45, 7) is 8.05. The number of carbonyl (C=O) groups is 1. The molecule has 0 aliphatic carbocycles. The zero-order chi connectivity index (χ0) is 21.3. The molecule has 1 aliphatic heterocycles. The molecule has 0 unspecified atom stereocenters. The summed E-state index contributed by atoms with van der Waals surface area (Å²) in [6.07, 6.45) is -0.460. The highest BCUT2D eigenvalue weighted by atomic mass is 35.5. The van der Waals surface area contributed by atoms with Crippen LogP contribution in [0, 0.1) is 0 Å². The lowest BCUT2D eigenvalue weighted by atomic mass is 10.2. The maximum absolute atomic E-state index is 13.1. The standard InChI is InChI=1S/C18H23ClN4O4S2/c1-10(2)17-21-22-18(28-17)20-16(24)13-5-6-14(19)15(7-13)29(25,26)23-8-11(3)27-12(4)9-23/h5-7,10-12H,8-9H2,1-4H3,(H,20,22,24)/t11-,12-/m0/s1. The Morgan fingerprint density at radius 3 is 2.52 bits per heavy atom. The van der Waals surface area contributed by atoms with E-state index in [1.54, 1.807) is 0 Å². The minimum absolute atomic E-state index is 0.0614. The number of amides is 1. The molecular weight excluding hydrogens is 436 g/mol. The van der Waals surface area contributed by atoms with Gasteiger partial charge in [-0.25, -0.2) is 8.42 Å². The fraction of sp³-hybridized carbons (Fsp3) is 0.500. The number of hydrogen-bond donors (Lipinski definition) is 1. The van der Waals surface area contributed by atoms with Crippen LogP contribution in [0.2, 0.25) is 5.02 Å². The highest BCUT2D eigenvalue weighted by molar-refractivity contribution is 7.89. The molecular formula is C18H23ClN4O4S2. The monoisotopic (exact) mass is 458 g/mol. The van der Waals surface area contributed by atoms with Gasteiger partial charge in [0.2, 0.25) is 15.2 Å². The Morgan fingerprint density at radius 1 is 1.28 bits per heavy atom. The third-order valence-electron chi connectivity index (χ3n) is 4.35. The lowest BCUT2D eigenvalue weighted by Gasteiger charge is -2.34. The van der Waals surface area contributed by atoms with Gasteiger partial charge in [0, 0.05) is 24.6 Å². The Morgan fingerprint density at radius 2 is 1.93 bits per heavy atom. The van der Waals surface area contributed by atoms with Crippen LogP contribution < -0.4 is 5.32 Å². The molecule has 2 heterocycles. The number of anilines is 1. The van der Waals surface area contributed by atoms with Crippen molar-refractivity contribution in [2.24, 2.45) is 0 Å². The summed E-state index contributed by atoms with van der Waals surface area (Å²) in [5.74, 6) is -0.281. The summed E-state index contributed by atoms with van der Waals surface area (Å²) in [4.78, 5) is 12.5. The van der Waals surface area contributed by atoms with Crippen LogP contribution >= 0.6 is 22.9 Å². The van der Waals surface area contributed by atoms with Gasteiger partial charge in [0.1, 0.15) is 9.90 Å². The number of morpholine rings is 1. The van der Waals surface area contributed by atoms with E-state index in [0.717, 1.165) is 5.01 Å². The maximum Gasteiger partial charge on any atom is 0.257 e. The van der Waals surface area contributed by atoms with Gasteiger partial charge in [-0.1, -0.05) is 36.8 Å². The largest absolute Gasteiger partial charge is 0.373 e. The number of hydrogen-bond acceptors (Lipinski definition) is 7. The molecule has 0 spiro atoms. The fourth-order valence-electron chi connectivity index (χ4n) is 3.00. The molecule has 0 bridgehead atoms. The van der Waals surface area contributed by atoms with E-state index in [9.17, 15) is 13.2 Å². The quantitative estimate of drug-likeness (QED) is 0.737. The predicted octanol–water partition coefficient (Wildman–Crippen LogP) is 3.37. The van der Waals surface area contributed by atoms with Crippen molar-refractivity contribution in [3.63, 3.8) is 0 Å². The van der Waals surface area contributed by atoms with Gasteiger partial charge in [-0.05, 0) is 32.0 Å². The normalized spacial score (nSPS) is 20.8. The van der Waals surface area contributed by atoms with E-state index in [1.165, 1.54) is 33.8 Å². The SMILES string of the molecule is CC(C)c1nnc(NC(=O)c2ccc(Cl)c(S(=O)(=O)N3C[C@H](C)O[C@@H](C)C3)c2)s1. The van der Waals surface area contributed by atoms with E-state index in [1.807, 2.05) is 27.7 Å². The second-order valence-electron chi connectivity index (χ2n) is 7.28. The molecule has 0 radical (unpaired) electrons. The second kappa shape index (κ2) is 8.65. The average Bonchev–Trinajstić information content (AvgIpc) is 3.10. The number of nitrogens with zero attached hydrogens (tertiary/aromatic N) is 3. The topological polar surface area (TPSA) is 101 Å². The van der Waals surface area contributed by atoms with Crippen LogP contribution in [0.4, 0.5) is 5.13 Å². The molecule has 11 heteroatoms. The van der Waals surface area contributed by atoms with E-state index in [0.29, 0.717) is 5.13 Å². The lowest BCUT2D eigenvalue weighted by molar-refractivity contribution is -0.0440. The fourth-order valence-corrected chi connectivity index (χ4v) is 5.83. The zero-order valence-corrected chi connectivity index (χ0v) is 18.9. The highest BCUT2D eigenvalue weighted by Gasteiger charge is 2.34. The van der Waals surface area contributed by atoms with Crippen LogP contribution in [-0.2, 0) is 14.8 Å². The molecule has 158 valence electrons. The Bertz CT molecular complexity index is 999. The molecule has 1 N–H and O–H groups in total. The summed E-state index contributed by atoms with van der Waals surface area (Å²) < 4.78 is 33.2. The number of benzene rings is 1. The first kappa shape index (κ1) is 22.1. The van der Waals surface area contributed by atoms with E-state index in [2.05, 4.69) is 15.5 Å². The van der Waals surface area contributed by atoms with Crippen molar-refractivity contribution in [2.45, 2.75) is 50.7 Å². The lowest BCUT2D eigenvalue weighted by Crippen LogP contribution is -2.48. The highest BCUT2D eigenvalue weighted by Crippen LogP contribution is 2.29. The van der Waals surface area contributed by atoms with Crippen molar-refractivity contribution in [3.05, 3.63) is 33.8 Å². The Balaban J connectivity index is 1.86. The van der Waals surface area contributed by atoms with Crippen molar-refractivity contribution in [2.75, 3.05) is 18.4 Å². The van der Waals surface area contributed by atoms with E-state index >= 15 is 0 Å². The molecule has 1 aromatic heterocycles. The molecule has 3 rings (SSSR count). The molecule has 1 aromatic carbocycles. The van der Waals surface area contributed by atoms with E-state index < -0.39 is 15.9 Å². The summed E-state index contributed by atoms with van der Waals surface area (Å²) in [7, 11) is -3.88. The van der Waals surface area contributed by atoms with Crippen molar-refractivity contribution in [1.82, 2.24) is 14.5 Å². The van der Waals surface area contributed by atoms with Crippen molar-refractivity contribution < 1.29 is 17.9 Å². The third kappa shape index (κ3) is 4.95. The number of sulfonamides is 1. The van der Waals surface area contributed by atoms with E-state index in [-0.39, 0.29) is 46.7 Å². The van der Waals surface area contributed by atoms with Crippen molar-refractivity contribution >= 4 is 44.0 Å². The molecule has 0 saturated carbocycles. The molecule has 1 saturated heterocycles. The summed E-state index contributed by atoms with van der Waals surface area (Å²) in [6, 6.07) is 4.18. The number of ether oxygens (including phenoxy) is 1. The van der Waals surface area contributed by atoms with Crippen molar-refractivity contribution in [3.8, 4) is 0 Å². The van der Waals surface area contributed by atoms with Gasteiger partial charge >= 0.3 is 0 Å². The van der Waals surface area contributed by atoms with Crippen LogP contribution in [0.1, 0.15) is 49.0 Å². The first-order valence-corrected chi connectivity index (χ1v) is 11.8. The number of nitrogens with one attached hydrogen (secondary N) is 1. The summed E-state index contributed by atoms with van der Waals surface area (Å²) >= 11 is 7.47. The van der Waals surface area contributed by atoms with Crippen molar-refractivity contribution in [1.29, 1.82) is 0 Å². The van der Waals surface area contributed by atoms with Crippen LogP contribution in [0.25, 0.3) is 0 Å². The number of rotatable bonds is 5. The molecule has 8 nitrogen and oxygen atoms in total. The van der Waals surface area contributed by atoms with Crippen LogP contribution in [0.5, 0.6) is 0 Å². The first-order valence-electron chi connectivity index (χ1n) is 9.18. The molecule has 1 amide bonds. The predicted molar refractivity (Wildman–Crippen MR) is 112 cm³/mol. The van der Waals surface area contributed by atoms with Crippen LogP contribution in [-0.4, -0.2) is 54.1 Å². The van der Waals surface area contributed by atoms with Gasteiger partial charge < -0.3 is 4.74 Å². The molecule has 2 atom stereocenters. The number of halogens is 1. The Kier molecular flexibility index (Phi) is 6.59. The molecule has 29 heavy (non-hydrogen) atoms. The smallest absolute Gasteiger partial charge is 0.257 e. The number of aromatic nitrogens is 2. The molecule has 1 fully saturated rings. The zero-order valence-electron chi connectivity index (χ0n) is 16.5. The van der Waals surface area contributed by atoms with E-state index in [4.69, 9.17) is 16.3 Å². The Labute approximate surface area is 179 Å². The van der Waals surface area contributed by atoms with Crippen LogP contribution in [0.3, 0.4) is 0 Å². The summed E-state index contributed by atoms with van der Waals surface area (Å²) in [5.41, 5.74) is 0.170. The number of carbonyl (C=O) groups excluding carboxylic acids is 1. The van der Waals surface area contributed by atoms with Gasteiger partial charge in [0.25, 0.3) is 5.91 Å². The Hall–Kier alpha value is -1.59. The van der Waals surface area contributed by atoms with Gasteiger partial charge in [-0.3, -0.25) is 10.1 Å². The van der Waals surface area contributed by atoms with Gasteiger partial charge in [0.15, 0.2) is 0 Å². The van der Waals surface area contributed by atoms with Crippen LogP contribution in [0.15, 0.2) is 23.1 Å².